The number of hydrogen-bond donors (Lipinski definition) is 3. The Morgan fingerprint density at radius 1 is 1.24 bits per heavy atom. The third kappa shape index (κ3) is 5.61. The number of halogens is 1. The van der Waals surface area contributed by atoms with Crippen molar-refractivity contribution in [3.05, 3.63) is 35.4 Å². The molecular formula is C20H28ClN3O5. The van der Waals surface area contributed by atoms with Crippen LogP contribution in [0.2, 0.25) is 0 Å². The van der Waals surface area contributed by atoms with Crippen molar-refractivity contribution in [2.24, 2.45) is 0 Å². The van der Waals surface area contributed by atoms with E-state index in [2.05, 4.69) is 10.6 Å². The summed E-state index contributed by atoms with van der Waals surface area (Å²) in [5.74, 6) is -0.671. The maximum atomic E-state index is 12.4. The van der Waals surface area contributed by atoms with Gasteiger partial charge in [0.25, 0.3) is 0 Å². The maximum Gasteiger partial charge on any atom is 0.407 e. The van der Waals surface area contributed by atoms with E-state index in [4.69, 9.17) is 4.74 Å². The zero-order chi connectivity index (χ0) is 20.1. The highest BCUT2D eigenvalue weighted by Crippen LogP contribution is 2.32. The van der Waals surface area contributed by atoms with Crippen molar-refractivity contribution in [1.29, 1.82) is 0 Å². The number of nitrogens with one attached hydrogen (secondary N) is 2. The Labute approximate surface area is 176 Å². The van der Waals surface area contributed by atoms with Gasteiger partial charge in [-0.3, -0.25) is 4.79 Å². The Bertz CT molecular complexity index is 721. The highest BCUT2D eigenvalue weighted by Gasteiger charge is 2.30. The van der Waals surface area contributed by atoms with Crippen molar-refractivity contribution < 1.29 is 24.2 Å². The molecule has 29 heavy (non-hydrogen) atoms. The molecule has 0 saturated carbocycles. The summed E-state index contributed by atoms with van der Waals surface area (Å²) >= 11 is 0. The zero-order valence-electron chi connectivity index (χ0n) is 16.4. The first-order valence-electron chi connectivity index (χ1n) is 9.69. The second-order valence-corrected chi connectivity index (χ2v) is 7.31. The minimum Gasteiger partial charge on any atom is -0.467 e. The van der Waals surface area contributed by atoms with Gasteiger partial charge >= 0.3 is 12.1 Å². The lowest BCUT2D eigenvalue weighted by atomic mass is 9.99. The number of amides is 2. The minimum absolute atomic E-state index is 0. The average Bonchev–Trinajstić information content (AvgIpc) is 3.39. The van der Waals surface area contributed by atoms with Gasteiger partial charge in [0.2, 0.25) is 5.91 Å². The van der Waals surface area contributed by atoms with Crippen molar-refractivity contribution in [2.75, 3.05) is 20.2 Å². The highest BCUT2D eigenvalue weighted by atomic mass is 35.5. The lowest BCUT2D eigenvalue weighted by Gasteiger charge is -2.22. The number of ether oxygens (including phenoxy) is 1. The van der Waals surface area contributed by atoms with Gasteiger partial charge in [-0.25, -0.2) is 9.59 Å². The summed E-state index contributed by atoms with van der Waals surface area (Å²) in [6.07, 6.45) is 2.78. The molecule has 0 aliphatic carbocycles. The van der Waals surface area contributed by atoms with Crippen molar-refractivity contribution in [1.82, 2.24) is 15.5 Å². The van der Waals surface area contributed by atoms with Crippen molar-refractivity contribution >= 4 is 30.4 Å². The van der Waals surface area contributed by atoms with Crippen molar-refractivity contribution in [3.63, 3.8) is 0 Å². The molecule has 2 aliphatic heterocycles. The molecule has 3 rings (SSSR count). The number of benzene rings is 1. The van der Waals surface area contributed by atoms with Crippen LogP contribution in [0.1, 0.15) is 42.9 Å². The first kappa shape index (κ1) is 23.0. The number of nitrogens with zero attached hydrogens (tertiary/aromatic N) is 1. The van der Waals surface area contributed by atoms with E-state index in [0.29, 0.717) is 13.0 Å². The molecule has 2 heterocycles. The van der Waals surface area contributed by atoms with Crippen LogP contribution in [0.3, 0.4) is 0 Å². The van der Waals surface area contributed by atoms with Crippen LogP contribution in [-0.4, -0.2) is 60.3 Å². The van der Waals surface area contributed by atoms with Crippen LogP contribution in [0.4, 0.5) is 4.79 Å². The molecule has 1 aromatic rings. The number of likely N-dealkylation sites (tertiary alicyclic amines) is 1. The standard InChI is InChI=1S/C20H27N3O5.ClH/c1-28-19(25)16(22-18(24)15-4-2-10-21-15)12-13-6-8-14(9-7-13)17-5-3-11-23(17)20(26)27;/h6-9,15-17,21H,2-5,10-12H2,1H3,(H,22,24)(H,26,27);1H/t15-,16-,17?;/m0./s1. The van der Waals surface area contributed by atoms with Gasteiger partial charge < -0.3 is 25.4 Å². The smallest absolute Gasteiger partial charge is 0.407 e. The topological polar surface area (TPSA) is 108 Å². The second-order valence-electron chi connectivity index (χ2n) is 7.31. The van der Waals surface area contributed by atoms with Gasteiger partial charge in [-0.05, 0) is 43.4 Å². The van der Waals surface area contributed by atoms with Gasteiger partial charge in [-0.1, -0.05) is 24.3 Å². The molecule has 160 valence electrons. The molecule has 0 spiro atoms. The Morgan fingerprint density at radius 3 is 2.55 bits per heavy atom. The summed E-state index contributed by atoms with van der Waals surface area (Å²) in [7, 11) is 1.30. The number of carboxylic acid groups (broad SMARTS) is 1. The molecule has 0 radical (unpaired) electrons. The second kappa shape index (κ2) is 10.5. The van der Waals surface area contributed by atoms with Gasteiger partial charge in [-0.15, -0.1) is 12.4 Å². The largest absolute Gasteiger partial charge is 0.467 e. The molecule has 2 fully saturated rings. The normalized spacial score (nSPS) is 21.9. The average molecular weight is 426 g/mol. The molecule has 1 unspecified atom stereocenters. The van der Waals surface area contributed by atoms with Crippen molar-refractivity contribution in [3.8, 4) is 0 Å². The molecule has 8 nitrogen and oxygen atoms in total. The molecule has 9 heteroatoms. The Balaban J connectivity index is 0.00000300. The monoisotopic (exact) mass is 425 g/mol. The van der Waals surface area contributed by atoms with E-state index in [1.165, 1.54) is 12.0 Å². The molecule has 2 amide bonds. The Kier molecular flexibility index (Phi) is 8.28. The van der Waals surface area contributed by atoms with Crippen LogP contribution in [-0.2, 0) is 20.7 Å². The Hall–Kier alpha value is -2.32. The molecule has 0 bridgehead atoms. The first-order valence-corrected chi connectivity index (χ1v) is 9.69. The van der Waals surface area contributed by atoms with E-state index in [1.54, 1.807) is 0 Å². The zero-order valence-corrected chi connectivity index (χ0v) is 17.2. The van der Waals surface area contributed by atoms with Gasteiger partial charge in [0.05, 0.1) is 19.2 Å². The third-order valence-corrected chi connectivity index (χ3v) is 5.48. The molecule has 0 aromatic heterocycles. The van der Waals surface area contributed by atoms with Gasteiger partial charge in [-0.2, -0.15) is 0 Å². The molecular weight excluding hydrogens is 398 g/mol. The van der Waals surface area contributed by atoms with Gasteiger partial charge in [0, 0.05) is 13.0 Å². The number of esters is 1. The lowest BCUT2D eigenvalue weighted by molar-refractivity contribution is -0.145. The summed E-state index contributed by atoms with van der Waals surface area (Å²) in [5, 5.41) is 15.2. The Morgan fingerprint density at radius 2 is 1.97 bits per heavy atom. The quantitative estimate of drug-likeness (QED) is 0.600. The SMILES string of the molecule is COC(=O)[C@H](Cc1ccc(C2CCCN2C(=O)O)cc1)NC(=O)[C@@H]1CCCN1.Cl. The van der Waals surface area contributed by atoms with E-state index < -0.39 is 18.1 Å². The molecule has 1 aromatic carbocycles. The molecule has 3 N–H and O–H groups in total. The van der Waals surface area contributed by atoms with Crippen LogP contribution in [0.25, 0.3) is 0 Å². The predicted octanol–water partition coefficient (Wildman–Crippen LogP) is 1.88. The van der Waals surface area contributed by atoms with E-state index in [9.17, 15) is 19.5 Å². The molecule has 3 atom stereocenters. The minimum atomic E-state index is -0.902. The third-order valence-electron chi connectivity index (χ3n) is 5.48. The van der Waals surface area contributed by atoms with Gasteiger partial charge in [0.1, 0.15) is 6.04 Å². The van der Waals surface area contributed by atoms with Gasteiger partial charge in [0.15, 0.2) is 0 Å². The van der Waals surface area contributed by atoms with Crippen molar-refractivity contribution in [2.45, 2.75) is 50.2 Å². The number of carbonyl (C=O) groups is 3. The van der Waals surface area contributed by atoms with Crippen LogP contribution in [0.5, 0.6) is 0 Å². The van der Waals surface area contributed by atoms with Crippen LogP contribution < -0.4 is 10.6 Å². The van der Waals surface area contributed by atoms with E-state index >= 15 is 0 Å². The van der Waals surface area contributed by atoms with E-state index in [1.807, 2.05) is 24.3 Å². The number of hydrogen-bond acceptors (Lipinski definition) is 5. The number of carbonyl (C=O) groups excluding carboxylic acids is 2. The first-order chi connectivity index (χ1) is 13.5. The molecule has 2 aliphatic rings. The van der Waals surface area contributed by atoms with E-state index in [0.717, 1.165) is 43.4 Å². The summed E-state index contributed by atoms with van der Waals surface area (Å²) in [6.45, 7) is 1.35. The summed E-state index contributed by atoms with van der Waals surface area (Å²) in [4.78, 5) is 37.3. The fourth-order valence-electron chi connectivity index (χ4n) is 3.97. The maximum absolute atomic E-state index is 12.4. The van der Waals surface area contributed by atoms with Crippen LogP contribution in [0, 0.1) is 0 Å². The van der Waals surface area contributed by atoms with Crippen LogP contribution in [0.15, 0.2) is 24.3 Å². The fourth-order valence-corrected chi connectivity index (χ4v) is 3.97. The van der Waals surface area contributed by atoms with Crippen LogP contribution >= 0.6 is 12.4 Å². The summed E-state index contributed by atoms with van der Waals surface area (Å²) in [5.41, 5.74) is 1.82. The summed E-state index contributed by atoms with van der Waals surface area (Å²) < 4.78 is 4.85. The fraction of sp³-hybridized carbons (Fsp3) is 0.550. The predicted molar refractivity (Wildman–Crippen MR) is 109 cm³/mol. The highest BCUT2D eigenvalue weighted by molar-refractivity contribution is 5.87. The lowest BCUT2D eigenvalue weighted by Crippen LogP contribution is -2.49. The molecule has 2 saturated heterocycles. The number of methoxy groups -OCH3 is 1. The number of rotatable bonds is 6. The summed E-state index contributed by atoms with van der Waals surface area (Å²) in [6, 6.07) is 6.40. The van der Waals surface area contributed by atoms with E-state index in [-0.39, 0.29) is 30.4 Å².